The molecule has 2 fully saturated rings. The summed E-state index contributed by atoms with van der Waals surface area (Å²) in [6.07, 6.45) is 4.15. The van der Waals surface area contributed by atoms with Crippen LogP contribution in [0.2, 0.25) is 0 Å². The minimum absolute atomic E-state index is 0.0899. The fourth-order valence-corrected chi connectivity index (χ4v) is 4.81. The van der Waals surface area contributed by atoms with Gasteiger partial charge in [0.15, 0.2) is 0 Å². The van der Waals surface area contributed by atoms with Crippen molar-refractivity contribution in [2.24, 2.45) is 0 Å². The first kappa shape index (κ1) is 36.3. The first-order valence-electron chi connectivity index (χ1n) is 15.1. The molecule has 2 heterocycles. The van der Waals surface area contributed by atoms with Crippen molar-refractivity contribution in [2.75, 3.05) is 6.61 Å². The van der Waals surface area contributed by atoms with Gasteiger partial charge in [0.05, 0.1) is 11.8 Å². The largest absolute Gasteiger partial charge is 0.508 e. The topological polar surface area (TPSA) is 157 Å². The van der Waals surface area contributed by atoms with Crippen LogP contribution in [0.5, 0.6) is 11.5 Å². The molecule has 0 bridgehead atoms. The van der Waals surface area contributed by atoms with Gasteiger partial charge in [0.1, 0.15) is 29.3 Å². The van der Waals surface area contributed by atoms with E-state index in [0.29, 0.717) is 39.5 Å². The van der Waals surface area contributed by atoms with Crippen LogP contribution in [0.1, 0.15) is 90.2 Å². The molecule has 0 spiro atoms. The number of hydrogen-bond donors (Lipinski definition) is 1. The van der Waals surface area contributed by atoms with E-state index in [9.17, 15) is 33.9 Å². The molecule has 12 heteroatoms. The van der Waals surface area contributed by atoms with E-state index in [1.807, 2.05) is 0 Å². The van der Waals surface area contributed by atoms with Crippen LogP contribution in [-0.2, 0) is 28.7 Å². The third kappa shape index (κ3) is 9.90. The summed E-state index contributed by atoms with van der Waals surface area (Å²) in [4.78, 5) is 74.6. The first-order valence-corrected chi connectivity index (χ1v) is 15.1. The molecule has 47 heavy (non-hydrogen) atoms. The van der Waals surface area contributed by atoms with Crippen molar-refractivity contribution in [1.29, 1.82) is 0 Å². The second-order valence-electron chi connectivity index (χ2n) is 12.9. The Labute approximate surface area is 273 Å². The van der Waals surface area contributed by atoms with E-state index in [1.54, 1.807) is 77.9 Å². The van der Waals surface area contributed by atoms with Gasteiger partial charge in [-0.25, -0.2) is 9.59 Å². The number of carbonyl (C=O) groups excluding carboxylic acids is 6. The lowest BCUT2D eigenvalue weighted by molar-refractivity contribution is -0.149. The fraction of sp³-hybridized carbons (Fsp3) is 0.429. The monoisotopic (exact) mass is 648 g/mol. The number of rotatable bonds is 4. The number of phenols is 1. The smallest absolute Gasteiger partial charge is 0.424 e. The predicted octanol–water partition coefficient (Wildman–Crippen LogP) is 5.43. The molecule has 0 aromatic heterocycles. The van der Waals surface area contributed by atoms with E-state index in [0.717, 1.165) is 0 Å². The molecule has 2 aromatic carbocycles. The summed E-state index contributed by atoms with van der Waals surface area (Å²) in [7, 11) is 0. The minimum Gasteiger partial charge on any atom is -0.508 e. The molecule has 2 saturated heterocycles. The van der Waals surface area contributed by atoms with Gasteiger partial charge in [-0.15, -0.1) is 6.42 Å². The van der Waals surface area contributed by atoms with Gasteiger partial charge in [0, 0.05) is 12.8 Å². The Morgan fingerprint density at radius 3 is 1.49 bits per heavy atom. The van der Waals surface area contributed by atoms with E-state index < -0.39 is 58.9 Å². The molecule has 12 nitrogen and oxygen atoms in total. The van der Waals surface area contributed by atoms with Crippen LogP contribution < -0.4 is 4.74 Å². The second-order valence-corrected chi connectivity index (χ2v) is 12.9. The number of amides is 6. The highest BCUT2D eigenvalue weighted by Crippen LogP contribution is 2.32. The van der Waals surface area contributed by atoms with E-state index in [1.165, 1.54) is 12.1 Å². The lowest BCUT2D eigenvalue weighted by Gasteiger charge is -2.31. The standard InChI is InChI=1S/C19H21NO5.C16H19NO5/c1-5-12-24-14-8-6-13(7-9-14)15-10-11-16(21)20(17(15)22)18(23)25-19(2,3)4;1-16(2,3)22-15(21)17-13(19)9-8-12(14(17)20)10-4-6-11(18)7-5-10/h1,6-9,15H,10-12H2,2-4H3;4-7,12,18H,8-9H2,1-3H3. The molecule has 6 amide bonds. The highest BCUT2D eigenvalue weighted by atomic mass is 16.6. The van der Waals surface area contributed by atoms with Gasteiger partial charge in [0.2, 0.25) is 23.6 Å². The quantitative estimate of drug-likeness (QED) is 0.335. The summed E-state index contributed by atoms with van der Waals surface area (Å²) in [6.45, 7) is 10.2. The van der Waals surface area contributed by atoms with Gasteiger partial charge < -0.3 is 19.3 Å². The number of ether oxygens (including phenoxy) is 3. The fourth-order valence-electron chi connectivity index (χ4n) is 4.81. The average Bonchev–Trinajstić information content (AvgIpc) is 2.96. The van der Waals surface area contributed by atoms with E-state index in [2.05, 4.69) is 5.92 Å². The minimum atomic E-state index is -0.939. The van der Waals surface area contributed by atoms with E-state index in [4.69, 9.17) is 20.6 Å². The zero-order valence-electron chi connectivity index (χ0n) is 27.4. The van der Waals surface area contributed by atoms with Crippen LogP contribution in [0.4, 0.5) is 9.59 Å². The van der Waals surface area contributed by atoms with Crippen LogP contribution in [0.3, 0.4) is 0 Å². The molecule has 1 N–H and O–H groups in total. The van der Waals surface area contributed by atoms with Crippen molar-refractivity contribution >= 4 is 35.8 Å². The number of likely N-dealkylation sites (tertiary alicyclic amines) is 2. The maximum Gasteiger partial charge on any atom is 0.424 e. The average molecular weight is 649 g/mol. The first-order chi connectivity index (χ1) is 21.9. The number of terminal acetylenes is 1. The molecule has 4 rings (SSSR count). The van der Waals surface area contributed by atoms with Gasteiger partial charge in [-0.1, -0.05) is 30.2 Å². The number of phenolic OH excluding ortho intramolecular Hbond substituents is 1. The zero-order chi connectivity index (χ0) is 35.1. The normalized spacial score (nSPS) is 18.5. The lowest BCUT2D eigenvalue weighted by atomic mass is 9.89. The SMILES string of the molecule is C#CCOc1ccc(C2CCC(=O)N(C(=O)OC(C)(C)C)C2=O)cc1.CC(C)(C)OC(=O)N1C(=O)CCC(c2ccc(O)cc2)C1=O. The lowest BCUT2D eigenvalue weighted by Crippen LogP contribution is -2.49. The number of aromatic hydroxyl groups is 1. The summed E-state index contributed by atoms with van der Waals surface area (Å²) in [6, 6.07) is 13.0. The van der Waals surface area contributed by atoms with Crippen molar-refractivity contribution in [3.05, 3.63) is 59.7 Å². The summed E-state index contributed by atoms with van der Waals surface area (Å²) < 4.78 is 15.6. The summed E-state index contributed by atoms with van der Waals surface area (Å²) in [5.41, 5.74) is -0.216. The predicted molar refractivity (Wildman–Crippen MR) is 169 cm³/mol. The Morgan fingerprint density at radius 2 is 1.13 bits per heavy atom. The van der Waals surface area contributed by atoms with Gasteiger partial charge >= 0.3 is 12.2 Å². The van der Waals surface area contributed by atoms with Gasteiger partial charge in [0.25, 0.3) is 0 Å². The van der Waals surface area contributed by atoms with Crippen molar-refractivity contribution in [3.63, 3.8) is 0 Å². The van der Waals surface area contributed by atoms with Crippen LogP contribution in [0.25, 0.3) is 0 Å². The van der Waals surface area contributed by atoms with Gasteiger partial charge in [-0.05, 0) is 89.8 Å². The maximum atomic E-state index is 12.7. The molecular formula is C35H40N2O10. The van der Waals surface area contributed by atoms with Gasteiger partial charge in [-0.3, -0.25) is 19.2 Å². The molecule has 250 valence electrons. The van der Waals surface area contributed by atoms with Crippen LogP contribution in [0.15, 0.2) is 48.5 Å². The molecule has 0 radical (unpaired) electrons. The number of nitrogens with zero attached hydrogens (tertiary/aromatic N) is 2. The van der Waals surface area contributed by atoms with Crippen LogP contribution in [-0.4, -0.2) is 68.5 Å². The third-order valence-corrected chi connectivity index (χ3v) is 6.88. The van der Waals surface area contributed by atoms with E-state index >= 15 is 0 Å². The Kier molecular flexibility index (Phi) is 11.5. The Bertz CT molecular complexity index is 1540. The highest BCUT2D eigenvalue weighted by Gasteiger charge is 2.42. The Balaban J connectivity index is 0.000000257. The third-order valence-electron chi connectivity index (χ3n) is 6.88. The van der Waals surface area contributed by atoms with Crippen LogP contribution in [0, 0.1) is 12.3 Å². The van der Waals surface area contributed by atoms with Crippen molar-refractivity contribution in [3.8, 4) is 23.8 Å². The molecule has 2 atom stereocenters. The van der Waals surface area contributed by atoms with Crippen LogP contribution >= 0.6 is 0 Å². The molecular weight excluding hydrogens is 608 g/mol. The van der Waals surface area contributed by atoms with E-state index in [-0.39, 0.29) is 25.2 Å². The van der Waals surface area contributed by atoms with Gasteiger partial charge in [-0.2, -0.15) is 9.80 Å². The van der Waals surface area contributed by atoms with Crippen molar-refractivity contribution in [2.45, 2.75) is 90.3 Å². The number of carbonyl (C=O) groups is 6. The Morgan fingerprint density at radius 1 is 0.745 bits per heavy atom. The zero-order valence-corrected chi connectivity index (χ0v) is 27.4. The molecule has 2 aliphatic heterocycles. The second kappa shape index (κ2) is 14.9. The van der Waals surface area contributed by atoms with Crippen molar-refractivity contribution in [1.82, 2.24) is 9.80 Å². The summed E-state index contributed by atoms with van der Waals surface area (Å²) in [5, 5.41) is 9.31. The summed E-state index contributed by atoms with van der Waals surface area (Å²) >= 11 is 0. The molecule has 2 aliphatic rings. The number of piperidine rings is 2. The molecule has 2 aromatic rings. The molecule has 0 aliphatic carbocycles. The highest BCUT2D eigenvalue weighted by molar-refractivity contribution is 6.13. The number of benzene rings is 2. The Hall–Kier alpha value is -5.18. The maximum absolute atomic E-state index is 12.7. The summed E-state index contributed by atoms with van der Waals surface area (Å²) in [5.74, 6) is -0.358. The molecule has 2 unspecified atom stereocenters. The van der Waals surface area contributed by atoms with Crippen molar-refractivity contribution < 1.29 is 48.1 Å². The molecule has 0 saturated carbocycles. The number of imide groups is 6. The number of hydrogen-bond acceptors (Lipinski definition) is 10.